The Kier molecular flexibility index (Phi) is 7.14. The van der Waals surface area contributed by atoms with E-state index >= 15 is 0 Å². The van der Waals surface area contributed by atoms with Crippen LogP contribution in [0.25, 0.3) is 0 Å². The highest BCUT2D eigenvalue weighted by atomic mass is 16.3. The zero-order valence-electron chi connectivity index (χ0n) is 21.6. The quantitative estimate of drug-likeness (QED) is 0.401. The minimum atomic E-state index is -1.20. The van der Waals surface area contributed by atoms with E-state index in [2.05, 4.69) is 24.5 Å². The average Bonchev–Trinajstić information content (AvgIpc) is 3.48. The second-order valence-electron chi connectivity index (χ2n) is 11.7. The number of carbonyl (C=O) groups is 4. The first-order valence-corrected chi connectivity index (χ1v) is 13.8. The molecule has 2 aliphatic heterocycles. The van der Waals surface area contributed by atoms with E-state index in [4.69, 9.17) is 0 Å². The van der Waals surface area contributed by atoms with Gasteiger partial charge < -0.3 is 20.8 Å². The third kappa shape index (κ3) is 4.58. The largest absolute Gasteiger partial charge is 0.507 e. The van der Waals surface area contributed by atoms with E-state index in [9.17, 15) is 29.4 Å². The fourth-order valence-corrected chi connectivity index (χ4v) is 8.25. The summed E-state index contributed by atoms with van der Waals surface area (Å²) in [6.45, 7) is 4.68. The number of ketones is 2. The number of nitrogens with one attached hydrogen (secondary N) is 2. The van der Waals surface area contributed by atoms with Crippen molar-refractivity contribution >= 4 is 23.4 Å². The summed E-state index contributed by atoms with van der Waals surface area (Å²) in [6, 6.07) is -1.17. The van der Waals surface area contributed by atoms with E-state index in [0.29, 0.717) is 36.5 Å². The van der Waals surface area contributed by atoms with Crippen molar-refractivity contribution in [3.8, 4) is 0 Å². The van der Waals surface area contributed by atoms with Gasteiger partial charge in [0.05, 0.1) is 6.10 Å². The molecule has 2 amide bonds. The second kappa shape index (κ2) is 10.2. The predicted octanol–water partition coefficient (Wildman–Crippen LogP) is 2.39. The van der Waals surface area contributed by atoms with Crippen molar-refractivity contribution in [3.63, 3.8) is 0 Å². The molecule has 2 heterocycles. The molecule has 0 aromatic carbocycles. The molecule has 10 unspecified atom stereocenters. The summed E-state index contributed by atoms with van der Waals surface area (Å²) < 4.78 is 0. The Morgan fingerprint density at radius 1 is 1.08 bits per heavy atom. The molecule has 37 heavy (non-hydrogen) atoms. The van der Waals surface area contributed by atoms with Gasteiger partial charge in [-0.3, -0.25) is 19.2 Å². The van der Waals surface area contributed by atoms with Gasteiger partial charge in [0, 0.05) is 18.9 Å². The van der Waals surface area contributed by atoms with Gasteiger partial charge in [0.25, 0.3) is 5.91 Å². The minimum Gasteiger partial charge on any atom is -0.507 e. The van der Waals surface area contributed by atoms with Gasteiger partial charge in [-0.25, -0.2) is 0 Å². The summed E-state index contributed by atoms with van der Waals surface area (Å²) in [5.74, 6) is 0.507. The molecule has 0 radical (unpaired) electrons. The monoisotopic (exact) mass is 510 g/mol. The van der Waals surface area contributed by atoms with Crippen LogP contribution in [0.15, 0.2) is 35.6 Å². The second-order valence-corrected chi connectivity index (χ2v) is 11.7. The van der Waals surface area contributed by atoms with Gasteiger partial charge in [-0.1, -0.05) is 32.4 Å². The molecule has 5 rings (SSSR count). The third-order valence-electron chi connectivity index (χ3n) is 9.99. The molecule has 4 N–H and O–H groups in total. The van der Waals surface area contributed by atoms with Crippen molar-refractivity contribution in [1.82, 2.24) is 10.6 Å². The molecular weight excluding hydrogens is 472 g/mol. The van der Waals surface area contributed by atoms with Crippen LogP contribution in [0.4, 0.5) is 0 Å². The number of hydrogen-bond acceptors (Lipinski definition) is 6. The van der Waals surface area contributed by atoms with Crippen molar-refractivity contribution in [2.24, 2.45) is 47.3 Å². The van der Waals surface area contributed by atoms with Crippen LogP contribution in [-0.2, 0) is 19.2 Å². The number of hydrogen-bond donors (Lipinski definition) is 4. The van der Waals surface area contributed by atoms with Crippen molar-refractivity contribution in [3.05, 3.63) is 35.6 Å². The Hall–Kier alpha value is -2.74. The normalized spacial score (nSPS) is 42.4. The number of rotatable bonds is 1. The van der Waals surface area contributed by atoms with Crippen LogP contribution >= 0.6 is 0 Å². The molecule has 200 valence electrons. The van der Waals surface area contributed by atoms with Crippen LogP contribution in [-0.4, -0.2) is 52.3 Å². The zero-order chi connectivity index (χ0) is 26.4. The van der Waals surface area contributed by atoms with Crippen molar-refractivity contribution in [2.75, 3.05) is 6.54 Å². The number of aliphatic hydroxyl groups excluding tert-OH is 2. The van der Waals surface area contributed by atoms with Gasteiger partial charge in [0.2, 0.25) is 5.91 Å². The number of fused-ring (bicyclic) bond motifs is 7. The van der Waals surface area contributed by atoms with Gasteiger partial charge in [0.1, 0.15) is 23.2 Å². The van der Waals surface area contributed by atoms with Gasteiger partial charge in [0.15, 0.2) is 5.78 Å². The van der Waals surface area contributed by atoms with E-state index in [1.165, 1.54) is 18.6 Å². The van der Waals surface area contributed by atoms with Crippen LogP contribution in [0, 0.1) is 47.3 Å². The number of Topliss-reactive ketones (excluding diaryl/α,β-unsaturated/α-hetero) is 2. The Balaban J connectivity index is 1.47. The molecule has 4 fully saturated rings. The summed E-state index contributed by atoms with van der Waals surface area (Å²) in [5.41, 5.74) is -0.372. The Labute approximate surface area is 217 Å². The fraction of sp³-hybridized carbons (Fsp3) is 0.655. The van der Waals surface area contributed by atoms with Gasteiger partial charge >= 0.3 is 0 Å². The maximum absolute atomic E-state index is 13.5. The molecule has 0 aromatic rings. The molecule has 3 saturated carbocycles. The lowest BCUT2D eigenvalue weighted by molar-refractivity contribution is -0.131. The predicted molar refractivity (Wildman–Crippen MR) is 136 cm³/mol. The number of amides is 2. The SMILES string of the molecule is CCC1CC2CC3C4CC=CC(=O)NCCC(O)C5NC(=O)C(=C(O)C=CC4CC(=O)C3C2C1C)C5=O. The maximum Gasteiger partial charge on any atom is 0.259 e. The number of allylic oxidation sites excluding steroid dienone is 3. The van der Waals surface area contributed by atoms with Crippen LogP contribution in [0.1, 0.15) is 52.4 Å². The molecule has 2 bridgehead atoms. The minimum absolute atomic E-state index is 0.0374. The summed E-state index contributed by atoms with van der Waals surface area (Å²) in [6.07, 6.45) is 9.70. The van der Waals surface area contributed by atoms with E-state index in [-0.39, 0.29) is 53.9 Å². The first-order chi connectivity index (χ1) is 17.7. The van der Waals surface area contributed by atoms with Crippen LogP contribution in [0.2, 0.25) is 0 Å². The average molecular weight is 511 g/mol. The Morgan fingerprint density at radius 3 is 2.62 bits per heavy atom. The van der Waals surface area contributed by atoms with E-state index in [1.807, 2.05) is 6.08 Å². The summed E-state index contributed by atoms with van der Waals surface area (Å²) in [7, 11) is 0. The van der Waals surface area contributed by atoms with E-state index in [1.54, 1.807) is 6.08 Å². The van der Waals surface area contributed by atoms with Crippen LogP contribution in [0.3, 0.4) is 0 Å². The molecule has 8 nitrogen and oxygen atoms in total. The molecule has 8 heteroatoms. The molecule has 3 aliphatic carbocycles. The van der Waals surface area contributed by atoms with E-state index in [0.717, 1.165) is 12.8 Å². The third-order valence-corrected chi connectivity index (χ3v) is 9.99. The highest BCUT2D eigenvalue weighted by Gasteiger charge is 2.58. The van der Waals surface area contributed by atoms with Gasteiger partial charge in [-0.05, 0) is 79.3 Å². The highest BCUT2D eigenvalue weighted by molar-refractivity contribution is 6.27. The summed E-state index contributed by atoms with van der Waals surface area (Å²) in [5, 5.41) is 26.3. The van der Waals surface area contributed by atoms with E-state index < -0.39 is 29.6 Å². The van der Waals surface area contributed by atoms with Gasteiger partial charge in [-0.15, -0.1) is 0 Å². The Bertz CT molecular complexity index is 1080. The van der Waals surface area contributed by atoms with Crippen molar-refractivity contribution in [2.45, 2.75) is 64.5 Å². The molecule has 0 aromatic heterocycles. The van der Waals surface area contributed by atoms with Crippen LogP contribution in [0.5, 0.6) is 0 Å². The fourth-order valence-electron chi connectivity index (χ4n) is 8.25. The molecular formula is C29H38N2O6. The van der Waals surface area contributed by atoms with Crippen molar-refractivity contribution < 1.29 is 29.4 Å². The standard InChI is InChI=1S/C29H38N2O6/c1-3-15-11-17-12-19-18-5-4-6-23(35)30-10-9-21(33)27-28(36)26(29(37)31-27)20(32)8-7-16(18)13-22(34)25(19)24(17)14(15)2/h4,6-8,14-19,21,24-25,27,32-33H,3,5,9-13H2,1-2H3,(H,30,35)(H,31,37). The summed E-state index contributed by atoms with van der Waals surface area (Å²) >= 11 is 0. The maximum atomic E-state index is 13.5. The molecule has 1 saturated heterocycles. The Morgan fingerprint density at radius 2 is 1.86 bits per heavy atom. The van der Waals surface area contributed by atoms with Crippen LogP contribution < -0.4 is 10.6 Å². The number of aliphatic hydroxyl groups is 2. The molecule has 10 atom stereocenters. The first kappa shape index (κ1) is 25.9. The lowest BCUT2D eigenvalue weighted by Gasteiger charge is -2.40. The molecule has 0 spiro atoms. The topological polar surface area (TPSA) is 133 Å². The van der Waals surface area contributed by atoms with Crippen molar-refractivity contribution in [1.29, 1.82) is 0 Å². The summed E-state index contributed by atoms with van der Waals surface area (Å²) in [4.78, 5) is 51.2. The zero-order valence-corrected chi connectivity index (χ0v) is 21.6. The first-order valence-electron chi connectivity index (χ1n) is 13.8. The number of carbonyl (C=O) groups excluding carboxylic acids is 4. The lowest BCUT2D eigenvalue weighted by atomic mass is 9.63. The molecule has 5 aliphatic rings. The highest BCUT2D eigenvalue weighted by Crippen LogP contribution is 2.61. The van der Waals surface area contributed by atoms with Gasteiger partial charge in [-0.2, -0.15) is 0 Å². The smallest absolute Gasteiger partial charge is 0.259 e. The lowest BCUT2D eigenvalue weighted by Crippen LogP contribution is -2.42.